The molecule has 0 spiro atoms. The van der Waals surface area contributed by atoms with Gasteiger partial charge < -0.3 is 19.3 Å². The lowest BCUT2D eigenvalue weighted by atomic mass is 9.89. The van der Waals surface area contributed by atoms with E-state index < -0.39 is 5.54 Å². The van der Waals surface area contributed by atoms with Crippen LogP contribution in [0.1, 0.15) is 23.1 Å². The number of nitrogens with one attached hydrogen (secondary N) is 2. The van der Waals surface area contributed by atoms with Gasteiger partial charge in [-0.15, -0.1) is 0 Å². The molecule has 1 atom stereocenters. The van der Waals surface area contributed by atoms with E-state index in [2.05, 4.69) is 25.8 Å². The summed E-state index contributed by atoms with van der Waals surface area (Å²) in [5.74, 6) is 0.737. The van der Waals surface area contributed by atoms with Crippen LogP contribution in [0.2, 0.25) is 0 Å². The van der Waals surface area contributed by atoms with Gasteiger partial charge in [-0.05, 0) is 40.9 Å². The van der Waals surface area contributed by atoms with Gasteiger partial charge in [-0.2, -0.15) is 0 Å². The van der Waals surface area contributed by atoms with Gasteiger partial charge in [-0.25, -0.2) is 10.4 Å². The van der Waals surface area contributed by atoms with E-state index in [1.54, 1.807) is 12.1 Å². The van der Waals surface area contributed by atoms with Crippen LogP contribution in [0, 0.1) is 0 Å². The van der Waals surface area contributed by atoms with Gasteiger partial charge in [-0.3, -0.25) is 15.1 Å². The van der Waals surface area contributed by atoms with E-state index in [0.29, 0.717) is 31.2 Å². The maximum Gasteiger partial charge on any atom is 0.266 e. The summed E-state index contributed by atoms with van der Waals surface area (Å²) in [7, 11) is 0. The molecule has 2 aromatic carbocycles. The number of hydrogen-bond acceptors (Lipinski definition) is 9. The summed E-state index contributed by atoms with van der Waals surface area (Å²) in [6.07, 6.45) is 0.823. The molecule has 12 heteroatoms. The number of hydrogen-bond donors (Lipinski definition) is 3. The van der Waals surface area contributed by atoms with E-state index in [4.69, 9.17) is 29.8 Å². The van der Waals surface area contributed by atoms with Crippen LogP contribution in [-0.4, -0.2) is 86.6 Å². The first-order valence-corrected chi connectivity index (χ1v) is 13.1. The topological polar surface area (TPSA) is 153 Å². The van der Waals surface area contributed by atoms with E-state index in [0.717, 1.165) is 49.5 Å². The number of carbonyl (C=O) groups is 1. The number of ether oxygens (including phenoxy) is 3. The average Bonchev–Trinajstić information content (AvgIpc) is 3.41. The number of aliphatic hydroxyl groups is 1. The summed E-state index contributed by atoms with van der Waals surface area (Å²) in [6.45, 7) is 5.26. The molecular formula is C27H35N7O5. The first-order chi connectivity index (χ1) is 19.1. The number of benzene rings is 2. The molecule has 0 saturated carbocycles. The van der Waals surface area contributed by atoms with Crippen LogP contribution in [0.5, 0.6) is 5.75 Å². The van der Waals surface area contributed by atoms with Gasteiger partial charge in [0.15, 0.2) is 5.54 Å². The Hall–Kier alpha value is -3.67. The van der Waals surface area contributed by atoms with Gasteiger partial charge in [0.2, 0.25) is 5.90 Å². The third-order valence-electron chi connectivity index (χ3n) is 6.62. The SMILES string of the molecule is [N-]=[N+]=NCc1ccccc1C[C@@]1(C(=O)NNCCN2CCOCC2)COC(c2ccc(OCCCO)cc2)=N1. The normalized spacial score (nSPS) is 19.1. The van der Waals surface area contributed by atoms with Crippen LogP contribution < -0.4 is 15.6 Å². The average molecular weight is 538 g/mol. The summed E-state index contributed by atoms with van der Waals surface area (Å²) >= 11 is 0. The summed E-state index contributed by atoms with van der Waals surface area (Å²) in [4.78, 5) is 23.6. The van der Waals surface area contributed by atoms with Crippen molar-refractivity contribution in [3.63, 3.8) is 0 Å². The van der Waals surface area contributed by atoms with E-state index in [9.17, 15) is 4.79 Å². The van der Waals surface area contributed by atoms with Gasteiger partial charge in [0.1, 0.15) is 12.4 Å². The monoisotopic (exact) mass is 537 g/mol. The Balaban J connectivity index is 1.50. The van der Waals surface area contributed by atoms with Crippen LogP contribution in [0.15, 0.2) is 58.6 Å². The van der Waals surface area contributed by atoms with Crippen molar-refractivity contribution in [1.82, 2.24) is 15.8 Å². The highest BCUT2D eigenvalue weighted by atomic mass is 16.5. The molecule has 2 aliphatic rings. The number of aliphatic hydroxyl groups excluding tert-OH is 1. The third kappa shape index (κ3) is 7.92. The predicted octanol–water partition coefficient (Wildman–Crippen LogP) is 1.97. The molecule has 1 fully saturated rings. The minimum atomic E-state index is -1.22. The van der Waals surface area contributed by atoms with Gasteiger partial charge in [0, 0.05) is 56.1 Å². The predicted molar refractivity (Wildman–Crippen MR) is 145 cm³/mol. The fourth-order valence-electron chi connectivity index (χ4n) is 4.44. The van der Waals surface area contributed by atoms with Gasteiger partial charge >= 0.3 is 0 Å². The summed E-state index contributed by atoms with van der Waals surface area (Å²) in [5.41, 5.74) is 15.9. The standard InChI is InChI=1S/C27H35N7O5/c28-33-30-19-23-5-2-1-4-22(23)18-27(26(36)32-29-10-11-34-12-16-37-17-13-34)20-39-25(31-27)21-6-8-24(9-7-21)38-15-3-14-35/h1-2,4-9,29,35H,3,10-20H2,(H,32,36)/t27-/m0/s1. The Bertz CT molecular complexity index is 1160. The zero-order chi connectivity index (χ0) is 27.3. The number of aliphatic imine (C=N–C) groups is 1. The number of azide groups is 1. The van der Waals surface area contributed by atoms with Crippen molar-refractivity contribution >= 4 is 11.8 Å². The van der Waals surface area contributed by atoms with Crippen LogP contribution in [0.4, 0.5) is 0 Å². The number of carbonyl (C=O) groups excluding carboxylic acids is 1. The Morgan fingerprint density at radius 3 is 2.69 bits per heavy atom. The van der Waals surface area contributed by atoms with Crippen LogP contribution in [-0.2, 0) is 27.2 Å². The molecule has 0 bridgehead atoms. The minimum Gasteiger partial charge on any atom is -0.494 e. The van der Waals surface area contributed by atoms with E-state index in [1.165, 1.54) is 0 Å². The number of amides is 1. The van der Waals surface area contributed by atoms with Gasteiger partial charge in [0.25, 0.3) is 5.91 Å². The highest BCUT2D eigenvalue weighted by molar-refractivity contribution is 6.00. The number of morpholine rings is 1. The first-order valence-electron chi connectivity index (χ1n) is 13.1. The Morgan fingerprint density at radius 2 is 1.95 bits per heavy atom. The fraction of sp³-hybridized carbons (Fsp3) is 0.481. The van der Waals surface area contributed by atoms with Crippen molar-refractivity contribution in [3.8, 4) is 5.75 Å². The van der Waals surface area contributed by atoms with E-state index >= 15 is 0 Å². The molecule has 0 aliphatic carbocycles. The Morgan fingerprint density at radius 1 is 1.18 bits per heavy atom. The lowest BCUT2D eigenvalue weighted by molar-refractivity contribution is -0.127. The number of nitrogens with zero attached hydrogens (tertiary/aromatic N) is 5. The lowest BCUT2D eigenvalue weighted by Crippen LogP contribution is -2.54. The minimum absolute atomic E-state index is 0.0594. The molecule has 1 amide bonds. The maximum absolute atomic E-state index is 13.6. The highest BCUT2D eigenvalue weighted by Crippen LogP contribution is 2.29. The second kappa shape index (κ2) is 14.5. The zero-order valence-corrected chi connectivity index (χ0v) is 21.9. The highest BCUT2D eigenvalue weighted by Gasteiger charge is 2.45. The fourth-order valence-corrected chi connectivity index (χ4v) is 4.44. The molecule has 4 rings (SSSR count). The van der Waals surface area contributed by atoms with Crippen molar-refractivity contribution in [2.45, 2.75) is 24.9 Å². The smallest absolute Gasteiger partial charge is 0.266 e. The van der Waals surface area contributed by atoms with Crippen LogP contribution in [0.3, 0.4) is 0 Å². The van der Waals surface area contributed by atoms with E-state index in [1.807, 2.05) is 36.4 Å². The van der Waals surface area contributed by atoms with Gasteiger partial charge in [-0.1, -0.05) is 29.4 Å². The van der Waals surface area contributed by atoms with Crippen molar-refractivity contribution in [1.29, 1.82) is 0 Å². The van der Waals surface area contributed by atoms with Gasteiger partial charge in [0.05, 0.1) is 26.4 Å². The zero-order valence-electron chi connectivity index (χ0n) is 21.9. The molecule has 0 aromatic heterocycles. The first kappa shape index (κ1) is 28.3. The van der Waals surface area contributed by atoms with Crippen molar-refractivity contribution in [3.05, 3.63) is 75.7 Å². The van der Waals surface area contributed by atoms with Crippen LogP contribution in [0.25, 0.3) is 10.4 Å². The van der Waals surface area contributed by atoms with E-state index in [-0.39, 0.29) is 32.1 Å². The van der Waals surface area contributed by atoms with Crippen molar-refractivity contribution in [2.75, 3.05) is 59.2 Å². The summed E-state index contributed by atoms with van der Waals surface area (Å²) in [5, 5.41) is 12.7. The molecular weight excluding hydrogens is 502 g/mol. The molecule has 12 nitrogen and oxygen atoms in total. The second-order valence-electron chi connectivity index (χ2n) is 9.36. The lowest BCUT2D eigenvalue weighted by Gasteiger charge is -2.27. The van der Waals surface area contributed by atoms with Crippen LogP contribution >= 0.6 is 0 Å². The Kier molecular flexibility index (Phi) is 10.5. The summed E-state index contributed by atoms with van der Waals surface area (Å²) in [6, 6.07) is 14.8. The molecule has 2 aliphatic heterocycles. The number of rotatable bonds is 14. The quantitative estimate of drug-likeness (QED) is 0.109. The molecule has 2 heterocycles. The largest absolute Gasteiger partial charge is 0.494 e. The van der Waals surface area contributed by atoms with Crippen molar-refractivity contribution in [2.24, 2.45) is 10.1 Å². The molecule has 2 aromatic rings. The van der Waals surface area contributed by atoms with Crippen molar-refractivity contribution < 1.29 is 24.1 Å². The molecule has 0 unspecified atom stereocenters. The molecule has 0 radical (unpaired) electrons. The third-order valence-corrected chi connectivity index (χ3v) is 6.62. The number of hydrazine groups is 1. The molecule has 39 heavy (non-hydrogen) atoms. The maximum atomic E-state index is 13.6. The second-order valence-corrected chi connectivity index (χ2v) is 9.36. The Labute approximate surface area is 227 Å². The molecule has 1 saturated heterocycles. The molecule has 3 N–H and O–H groups in total. The molecule has 208 valence electrons. The summed E-state index contributed by atoms with van der Waals surface area (Å²) < 4.78 is 17.0.